The van der Waals surface area contributed by atoms with E-state index in [0.29, 0.717) is 33.7 Å². The topological polar surface area (TPSA) is 106 Å². The number of benzene rings is 1. The number of sulfonamides is 1. The Morgan fingerprint density at radius 2 is 1.60 bits per heavy atom. The molecule has 0 saturated carbocycles. The number of rotatable bonds is 10. The van der Waals surface area contributed by atoms with Gasteiger partial charge in [0.05, 0.1) is 5.75 Å². The van der Waals surface area contributed by atoms with Crippen LogP contribution in [-0.2, 0) is 25.9 Å². The number of pyridine rings is 1. The number of hydrogen-bond donors (Lipinski definition) is 0. The minimum atomic E-state index is -6.18. The summed E-state index contributed by atoms with van der Waals surface area (Å²) in [6.07, 6.45) is -4.00. The zero-order valence-corrected chi connectivity index (χ0v) is 24.8. The molecule has 1 aromatic heterocycles. The van der Waals surface area contributed by atoms with Gasteiger partial charge in [-0.3, -0.25) is 0 Å². The maximum absolute atomic E-state index is 14.3. The minimum Gasteiger partial charge on any atom is -0.471 e. The molecule has 42 heavy (non-hydrogen) atoms. The molecular weight excluding hydrogens is 616 g/mol. The van der Waals surface area contributed by atoms with E-state index >= 15 is 0 Å². The van der Waals surface area contributed by atoms with Crippen LogP contribution in [0.15, 0.2) is 36.4 Å². The monoisotopic (exact) mass is 647 g/mol. The van der Waals surface area contributed by atoms with Crippen LogP contribution in [0, 0.1) is 6.92 Å². The molecule has 0 spiro atoms. The van der Waals surface area contributed by atoms with Crippen LogP contribution in [-0.4, -0.2) is 69.1 Å². The predicted octanol–water partition coefficient (Wildman–Crippen LogP) is 5.16. The van der Waals surface area contributed by atoms with E-state index in [4.69, 9.17) is 4.74 Å². The van der Waals surface area contributed by atoms with Crippen LogP contribution >= 0.6 is 0 Å². The van der Waals surface area contributed by atoms with E-state index in [1.54, 1.807) is 45.0 Å². The number of piperazine rings is 1. The number of nitrogens with zero attached hydrogens (tertiary/aromatic N) is 3. The normalized spacial score (nSPS) is 17.8. The van der Waals surface area contributed by atoms with Crippen molar-refractivity contribution >= 4 is 26.0 Å². The van der Waals surface area contributed by atoms with Gasteiger partial charge in [0.2, 0.25) is 15.9 Å². The van der Waals surface area contributed by atoms with Gasteiger partial charge >= 0.3 is 21.8 Å². The molecular formula is C25H31F6N3O6S2. The molecule has 1 aromatic carbocycles. The maximum atomic E-state index is 14.3. The van der Waals surface area contributed by atoms with Crippen LogP contribution < -0.4 is 13.8 Å². The Morgan fingerprint density at radius 3 is 2.14 bits per heavy atom. The van der Waals surface area contributed by atoms with Crippen molar-refractivity contribution in [1.82, 2.24) is 9.29 Å². The molecule has 1 aliphatic heterocycles. The Balaban J connectivity index is 2.00. The third-order valence-electron chi connectivity index (χ3n) is 6.36. The Morgan fingerprint density at radius 1 is 0.976 bits per heavy atom. The summed E-state index contributed by atoms with van der Waals surface area (Å²) in [6, 6.07) is 5.31. The second-order valence-corrected chi connectivity index (χ2v) is 14.0. The highest BCUT2D eigenvalue weighted by Crippen LogP contribution is 2.37. The molecule has 236 valence electrons. The van der Waals surface area contributed by atoms with Crippen LogP contribution in [0.4, 0.5) is 32.2 Å². The molecule has 1 fully saturated rings. The molecule has 1 saturated heterocycles. The van der Waals surface area contributed by atoms with Gasteiger partial charge in [-0.2, -0.15) is 44.0 Å². The number of alkyl halides is 6. The average molecular weight is 648 g/mol. The molecule has 9 nitrogen and oxygen atoms in total. The molecule has 1 unspecified atom stereocenters. The van der Waals surface area contributed by atoms with Crippen molar-refractivity contribution in [3.63, 3.8) is 0 Å². The lowest BCUT2D eigenvalue weighted by Crippen LogP contribution is -2.60. The summed E-state index contributed by atoms with van der Waals surface area (Å²) in [7, 11) is -10.4. The Labute approximate surface area is 240 Å². The van der Waals surface area contributed by atoms with Crippen LogP contribution in [0.1, 0.15) is 44.7 Å². The van der Waals surface area contributed by atoms with Crippen molar-refractivity contribution < 1.29 is 52.1 Å². The largest absolute Gasteiger partial charge is 0.534 e. The van der Waals surface area contributed by atoms with Crippen LogP contribution in [0.2, 0.25) is 0 Å². The van der Waals surface area contributed by atoms with Crippen molar-refractivity contribution in [2.75, 3.05) is 24.5 Å². The first-order valence-electron chi connectivity index (χ1n) is 12.7. The third-order valence-corrected chi connectivity index (χ3v) is 9.16. The second kappa shape index (κ2) is 12.1. The van der Waals surface area contributed by atoms with Crippen molar-refractivity contribution in [3.05, 3.63) is 47.5 Å². The standard InChI is InChI=1S/C25H31F6N3O6S2/c1-5-10-23(3,4)39-22-14-19(40-42(37,38)25(29,30)31)13-21(32-22)34-12-11-33(15-20(34)24(26,27)28)41(35,36)16-18-8-6-17(2)7-9-18/h6-9,13-14,20H,5,10-12,15-16H2,1-4H3. The molecule has 0 N–H and O–H groups in total. The van der Waals surface area contributed by atoms with Crippen molar-refractivity contribution in [3.8, 4) is 11.6 Å². The molecule has 1 aliphatic rings. The predicted molar refractivity (Wildman–Crippen MR) is 142 cm³/mol. The van der Waals surface area contributed by atoms with Gasteiger partial charge in [0.25, 0.3) is 0 Å². The summed E-state index contributed by atoms with van der Waals surface area (Å²) in [5.41, 5.74) is -5.55. The number of halogens is 6. The fourth-order valence-corrected chi connectivity index (χ4v) is 6.35. The molecule has 2 heterocycles. The van der Waals surface area contributed by atoms with Crippen molar-refractivity contribution in [2.45, 2.75) is 69.6 Å². The Kier molecular flexibility index (Phi) is 9.69. The molecule has 0 radical (unpaired) electrons. The number of anilines is 1. The summed E-state index contributed by atoms with van der Waals surface area (Å²) in [5.74, 6) is -2.60. The average Bonchev–Trinajstić information content (AvgIpc) is 2.83. The molecule has 0 aliphatic carbocycles. The summed E-state index contributed by atoms with van der Waals surface area (Å²) in [6.45, 7) is 4.80. The lowest BCUT2D eigenvalue weighted by Gasteiger charge is -2.42. The van der Waals surface area contributed by atoms with Crippen molar-refractivity contribution in [1.29, 1.82) is 0 Å². The van der Waals surface area contributed by atoms with Gasteiger partial charge in [0, 0.05) is 31.8 Å². The van der Waals surface area contributed by atoms with Crippen molar-refractivity contribution in [2.24, 2.45) is 0 Å². The number of hydrogen-bond acceptors (Lipinski definition) is 8. The third kappa shape index (κ3) is 8.40. The van der Waals surface area contributed by atoms with Crippen LogP contribution in [0.25, 0.3) is 0 Å². The number of aromatic nitrogens is 1. The first-order valence-corrected chi connectivity index (χ1v) is 15.7. The Hall–Kier alpha value is -2.79. The van der Waals surface area contributed by atoms with E-state index in [0.717, 1.165) is 11.6 Å². The fraction of sp³-hybridized carbons (Fsp3) is 0.560. The first kappa shape index (κ1) is 33.7. The van der Waals surface area contributed by atoms with Gasteiger partial charge < -0.3 is 13.8 Å². The summed E-state index contributed by atoms with van der Waals surface area (Å²) in [5, 5.41) is 0. The molecule has 2 aromatic rings. The highest BCUT2D eigenvalue weighted by Gasteiger charge is 2.50. The molecule has 1 atom stereocenters. The highest BCUT2D eigenvalue weighted by molar-refractivity contribution is 7.88. The quantitative estimate of drug-likeness (QED) is 0.198. The zero-order valence-electron chi connectivity index (χ0n) is 23.2. The molecule has 0 bridgehead atoms. The summed E-state index contributed by atoms with van der Waals surface area (Å²) in [4.78, 5) is 4.67. The van der Waals surface area contributed by atoms with Gasteiger partial charge in [-0.1, -0.05) is 43.2 Å². The van der Waals surface area contributed by atoms with E-state index in [2.05, 4.69) is 9.17 Å². The molecule has 0 amide bonds. The summed E-state index contributed by atoms with van der Waals surface area (Å²) < 4.78 is 142. The van der Waals surface area contributed by atoms with Gasteiger partial charge in [0.1, 0.15) is 17.5 Å². The fourth-order valence-electron chi connectivity index (χ4n) is 4.38. The van der Waals surface area contributed by atoms with E-state index < -0.39 is 86.3 Å². The second-order valence-electron chi connectivity index (χ2n) is 10.4. The Bertz CT molecular complexity index is 1460. The van der Waals surface area contributed by atoms with Gasteiger partial charge in [-0.15, -0.1) is 0 Å². The smallest absolute Gasteiger partial charge is 0.471 e. The van der Waals surface area contributed by atoms with E-state index in [-0.39, 0.29) is 0 Å². The molecule has 17 heteroatoms. The van der Waals surface area contributed by atoms with Gasteiger partial charge in [0.15, 0.2) is 5.75 Å². The van der Waals surface area contributed by atoms with Crippen LogP contribution in [0.3, 0.4) is 0 Å². The van der Waals surface area contributed by atoms with Crippen LogP contribution in [0.5, 0.6) is 11.6 Å². The summed E-state index contributed by atoms with van der Waals surface area (Å²) >= 11 is 0. The minimum absolute atomic E-state index is 0.375. The highest BCUT2D eigenvalue weighted by atomic mass is 32.2. The maximum Gasteiger partial charge on any atom is 0.534 e. The van der Waals surface area contributed by atoms with E-state index in [9.17, 15) is 43.2 Å². The molecule has 3 rings (SSSR count). The SMILES string of the molecule is CCCC(C)(C)Oc1cc(OS(=O)(=O)C(F)(F)F)cc(N2CCN(S(=O)(=O)Cc3ccc(C)cc3)CC2C(F)(F)F)n1. The van der Waals surface area contributed by atoms with E-state index in [1.807, 2.05) is 6.92 Å². The zero-order chi connectivity index (χ0) is 31.7. The first-order chi connectivity index (χ1) is 19.1. The lowest BCUT2D eigenvalue weighted by molar-refractivity contribution is -0.153. The lowest BCUT2D eigenvalue weighted by atomic mass is 10.0. The number of ether oxygens (including phenoxy) is 1. The van der Waals surface area contributed by atoms with E-state index in [1.165, 1.54) is 0 Å². The van der Waals surface area contributed by atoms with Gasteiger partial charge in [-0.05, 0) is 32.8 Å². The van der Waals surface area contributed by atoms with Gasteiger partial charge in [-0.25, -0.2) is 8.42 Å². The number of aryl methyl sites for hydroxylation is 1.